The lowest BCUT2D eigenvalue weighted by Gasteiger charge is -2.38. The predicted octanol–water partition coefficient (Wildman–Crippen LogP) is -1.71. The lowest BCUT2D eigenvalue weighted by Crippen LogP contribution is -2.57. The number of carbonyl (C=O) groups is 4. The standard InChI is InChI=1S/C11H16N4O6/c16-8(17)5-14(6-9(18)19)11(21)13-1-2-15-7(4-13)3-12-10(15)20/h7H,1-6H2,(H,12,20)(H,16,17)(H,18,19). The molecule has 0 aliphatic carbocycles. The number of urea groups is 2. The number of carboxylic acids is 2. The van der Waals surface area contributed by atoms with Crippen LogP contribution in [0.2, 0.25) is 0 Å². The molecule has 10 heteroatoms. The number of carbonyl (C=O) groups excluding carboxylic acids is 2. The second-order valence-electron chi connectivity index (χ2n) is 4.91. The fourth-order valence-corrected chi connectivity index (χ4v) is 2.50. The van der Waals surface area contributed by atoms with Gasteiger partial charge in [-0.15, -0.1) is 0 Å². The minimum absolute atomic E-state index is 0.160. The maximum atomic E-state index is 12.2. The van der Waals surface area contributed by atoms with Crippen molar-refractivity contribution in [3.05, 3.63) is 0 Å². The fourth-order valence-electron chi connectivity index (χ4n) is 2.50. The zero-order valence-electron chi connectivity index (χ0n) is 11.2. The first-order valence-corrected chi connectivity index (χ1v) is 6.40. The number of fused-ring (bicyclic) bond motifs is 1. The molecule has 0 aromatic carbocycles. The Bertz CT molecular complexity index is 465. The highest BCUT2D eigenvalue weighted by Gasteiger charge is 2.38. The van der Waals surface area contributed by atoms with Crippen LogP contribution in [0.4, 0.5) is 9.59 Å². The molecule has 0 radical (unpaired) electrons. The highest BCUT2D eigenvalue weighted by atomic mass is 16.4. The largest absolute Gasteiger partial charge is 0.480 e. The Kier molecular flexibility index (Phi) is 4.15. The summed E-state index contributed by atoms with van der Waals surface area (Å²) < 4.78 is 0. The Morgan fingerprint density at radius 3 is 2.38 bits per heavy atom. The lowest BCUT2D eigenvalue weighted by atomic mass is 10.2. The molecule has 0 saturated carbocycles. The summed E-state index contributed by atoms with van der Waals surface area (Å²) in [6.45, 7) is -0.0805. The second kappa shape index (κ2) is 5.85. The van der Waals surface area contributed by atoms with Crippen LogP contribution in [0.15, 0.2) is 0 Å². The Morgan fingerprint density at radius 2 is 1.81 bits per heavy atom. The van der Waals surface area contributed by atoms with Crippen LogP contribution in [-0.4, -0.2) is 94.2 Å². The van der Waals surface area contributed by atoms with Gasteiger partial charge in [0.2, 0.25) is 0 Å². The number of carboxylic acid groups (broad SMARTS) is 2. The first-order valence-electron chi connectivity index (χ1n) is 6.40. The van der Waals surface area contributed by atoms with Crippen LogP contribution >= 0.6 is 0 Å². The fraction of sp³-hybridized carbons (Fsp3) is 0.636. The van der Waals surface area contributed by atoms with E-state index in [9.17, 15) is 19.2 Å². The Balaban J connectivity index is 2.01. The molecular weight excluding hydrogens is 284 g/mol. The van der Waals surface area contributed by atoms with Gasteiger partial charge in [-0.25, -0.2) is 9.59 Å². The van der Waals surface area contributed by atoms with Crippen LogP contribution in [0.3, 0.4) is 0 Å². The maximum Gasteiger partial charge on any atom is 0.323 e. The molecule has 3 N–H and O–H groups in total. The van der Waals surface area contributed by atoms with Crippen molar-refractivity contribution in [2.24, 2.45) is 0 Å². The van der Waals surface area contributed by atoms with Gasteiger partial charge in [0.1, 0.15) is 13.1 Å². The molecule has 21 heavy (non-hydrogen) atoms. The molecular formula is C11H16N4O6. The van der Waals surface area contributed by atoms with Crippen molar-refractivity contribution in [2.75, 3.05) is 39.3 Å². The molecule has 1 unspecified atom stereocenters. The van der Waals surface area contributed by atoms with Gasteiger partial charge >= 0.3 is 24.0 Å². The van der Waals surface area contributed by atoms with Crippen molar-refractivity contribution in [3.63, 3.8) is 0 Å². The summed E-state index contributed by atoms with van der Waals surface area (Å²) in [6.07, 6.45) is 0. The minimum Gasteiger partial charge on any atom is -0.480 e. The molecule has 10 nitrogen and oxygen atoms in total. The molecule has 0 spiro atoms. The quantitative estimate of drug-likeness (QED) is 0.566. The van der Waals surface area contributed by atoms with E-state index in [4.69, 9.17) is 10.2 Å². The number of rotatable bonds is 4. The van der Waals surface area contributed by atoms with E-state index in [0.717, 1.165) is 4.90 Å². The second-order valence-corrected chi connectivity index (χ2v) is 4.91. The number of hydrogen-bond donors (Lipinski definition) is 3. The normalized spacial score (nSPS) is 20.8. The third-order valence-electron chi connectivity index (χ3n) is 3.43. The summed E-state index contributed by atoms with van der Waals surface area (Å²) in [7, 11) is 0. The zero-order chi connectivity index (χ0) is 15.6. The van der Waals surface area contributed by atoms with E-state index in [1.807, 2.05) is 0 Å². The highest BCUT2D eigenvalue weighted by Crippen LogP contribution is 2.15. The van der Waals surface area contributed by atoms with E-state index < -0.39 is 31.1 Å². The lowest BCUT2D eigenvalue weighted by molar-refractivity contribution is -0.140. The van der Waals surface area contributed by atoms with Gasteiger partial charge in [0.25, 0.3) is 0 Å². The van der Waals surface area contributed by atoms with Crippen molar-refractivity contribution in [1.29, 1.82) is 0 Å². The van der Waals surface area contributed by atoms with Crippen LogP contribution in [0, 0.1) is 0 Å². The van der Waals surface area contributed by atoms with Crippen LogP contribution < -0.4 is 5.32 Å². The molecule has 2 saturated heterocycles. The molecule has 4 amide bonds. The molecule has 0 aromatic rings. The number of amides is 4. The smallest absolute Gasteiger partial charge is 0.323 e. The number of hydrogen-bond acceptors (Lipinski definition) is 4. The van der Waals surface area contributed by atoms with Gasteiger partial charge in [-0.1, -0.05) is 0 Å². The summed E-state index contributed by atoms with van der Waals surface area (Å²) in [5.74, 6) is -2.55. The van der Waals surface area contributed by atoms with E-state index in [2.05, 4.69) is 5.32 Å². The van der Waals surface area contributed by atoms with Gasteiger partial charge in [0.05, 0.1) is 6.04 Å². The van der Waals surface area contributed by atoms with Crippen LogP contribution in [0.5, 0.6) is 0 Å². The molecule has 2 aliphatic rings. The summed E-state index contributed by atoms with van der Waals surface area (Å²) in [5, 5.41) is 20.2. The van der Waals surface area contributed by atoms with E-state index in [-0.39, 0.29) is 25.2 Å². The molecule has 2 aliphatic heterocycles. The van der Waals surface area contributed by atoms with Crippen LogP contribution in [0.1, 0.15) is 0 Å². The molecule has 2 heterocycles. The summed E-state index contributed by atoms with van der Waals surface area (Å²) in [6, 6.07) is -0.981. The first-order chi connectivity index (χ1) is 9.88. The minimum atomic E-state index is -1.28. The van der Waals surface area contributed by atoms with E-state index in [1.54, 1.807) is 4.90 Å². The number of nitrogens with zero attached hydrogens (tertiary/aromatic N) is 3. The Hall–Kier alpha value is -2.52. The van der Waals surface area contributed by atoms with E-state index in [1.165, 1.54) is 4.90 Å². The van der Waals surface area contributed by atoms with Gasteiger partial charge in [-0.05, 0) is 0 Å². The van der Waals surface area contributed by atoms with E-state index >= 15 is 0 Å². The Labute approximate surface area is 119 Å². The van der Waals surface area contributed by atoms with Gasteiger partial charge < -0.3 is 30.2 Å². The highest BCUT2D eigenvalue weighted by molar-refractivity contribution is 5.84. The molecule has 116 valence electrons. The summed E-state index contributed by atoms with van der Waals surface area (Å²) >= 11 is 0. The predicted molar refractivity (Wildman–Crippen MR) is 67.7 cm³/mol. The Morgan fingerprint density at radius 1 is 1.19 bits per heavy atom. The topological polar surface area (TPSA) is 130 Å². The van der Waals surface area contributed by atoms with Crippen molar-refractivity contribution in [1.82, 2.24) is 20.0 Å². The maximum absolute atomic E-state index is 12.2. The molecule has 0 bridgehead atoms. The first kappa shape index (κ1) is 14.9. The van der Waals surface area contributed by atoms with Crippen molar-refractivity contribution in [2.45, 2.75) is 6.04 Å². The van der Waals surface area contributed by atoms with Crippen molar-refractivity contribution < 1.29 is 29.4 Å². The van der Waals surface area contributed by atoms with Crippen molar-refractivity contribution in [3.8, 4) is 0 Å². The number of piperazine rings is 1. The monoisotopic (exact) mass is 300 g/mol. The zero-order valence-corrected chi connectivity index (χ0v) is 11.2. The number of nitrogens with one attached hydrogen (secondary N) is 1. The number of aliphatic carboxylic acids is 2. The molecule has 2 fully saturated rings. The average molecular weight is 300 g/mol. The van der Waals surface area contributed by atoms with Crippen LogP contribution in [0.25, 0.3) is 0 Å². The van der Waals surface area contributed by atoms with E-state index in [0.29, 0.717) is 13.1 Å². The van der Waals surface area contributed by atoms with Gasteiger partial charge in [0.15, 0.2) is 0 Å². The summed E-state index contributed by atoms with van der Waals surface area (Å²) in [4.78, 5) is 48.9. The van der Waals surface area contributed by atoms with Crippen molar-refractivity contribution >= 4 is 24.0 Å². The molecule has 2 rings (SSSR count). The van der Waals surface area contributed by atoms with Gasteiger partial charge in [-0.2, -0.15) is 0 Å². The molecule has 0 aromatic heterocycles. The molecule has 1 atom stereocenters. The third-order valence-corrected chi connectivity index (χ3v) is 3.43. The van der Waals surface area contributed by atoms with Crippen LogP contribution in [-0.2, 0) is 9.59 Å². The average Bonchev–Trinajstić information content (AvgIpc) is 2.77. The SMILES string of the molecule is O=C(O)CN(CC(=O)O)C(=O)N1CCN2C(=O)NCC2C1. The third kappa shape index (κ3) is 3.33. The van der Waals surface area contributed by atoms with Gasteiger partial charge in [0, 0.05) is 26.2 Å². The van der Waals surface area contributed by atoms with Gasteiger partial charge in [-0.3, -0.25) is 9.59 Å². The summed E-state index contributed by atoms with van der Waals surface area (Å²) in [5.41, 5.74) is 0.